The first-order chi connectivity index (χ1) is 8.16. The molecule has 0 spiro atoms. The molecule has 1 heterocycles. The fraction of sp³-hybridized carbons (Fsp3) is 0.769. The SMILES string of the molecule is Nc1ncc(C2(O)C3CC4CC(C3)CC2C4)s1. The van der Waals surface area contributed by atoms with Gasteiger partial charge in [0, 0.05) is 6.20 Å². The lowest BCUT2D eigenvalue weighted by molar-refractivity contribution is -0.177. The van der Waals surface area contributed by atoms with E-state index in [2.05, 4.69) is 4.98 Å². The Morgan fingerprint density at radius 1 is 1.18 bits per heavy atom. The first-order valence-corrected chi connectivity index (χ1v) is 7.42. The van der Waals surface area contributed by atoms with Crippen LogP contribution in [-0.4, -0.2) is 10.1 Å². The van der Waals surface area contributed by atoms with Crippen LogP contribution in [-0.2, 0) is 5.60 Å². The first kappa shape index (κ1) is 10.3. The Labute approximate surface area is 105 Å². The highest BCUT2D eigenvalue weighted by molar-refractivity contribution is 7.15. The number of nitrogen functional groups attached to an aromatic ring is 1. The third kappa shape index (κ3) is 1.28. The first-order valence-electron chi connectivity index (χ1n) is 6.60. The van der Waals surface area contributed by atoms with Gasteiger partial charge in [0.1, 0.15) is 5.60 Å². The average Bonchev–Trinajstić information content (AvgIpc) is 2.72. The molecule has 4 aliphatic carbocycles. The van der Waals surface area contributed by atoms with Crippen LogP contribution in [0.4, 0.5) is 5.13 Å². The van der Waals surface area contributed by atoms with E-state index in [-0.39, 0.29) is 0 Å². The second kappa shape index (κ2) is 3.23. The highest BCUT2D eigenvalue weighted by atomic mass is 32.1. The number of nitrogens with two attached hydrogens (primary N) is 1. The van der Waals surface area contributed by atoms with Gasteiger partial charge in [-0.2, -0.15) is 0 Å². The van der Waals surface area contributed by atoms with Crippen molar-refractivity contribution in [2.45, 2.75) is 37.7 Å². The van der Waals surface area contributed by atoms with Gasteiger partial charge in [0.15, 0.2) is 5.13 Å². The Morgan fingerprint density at radius 2 is 1.76 bits per heavy atom. The van der Waals surface area contributed by atoms with Crippen molar-refractivity contribution in [2.75, 3.05) is 5.73 Å². The molecule has 4 bridgehead atoms. The molecule has 0 amide bonds. The second-order valence-electron chi connectivity index (χ2n) is 6.19. The predicted molar refractivity (Wildman–Crippen MR) is 67.5 cm³/mol. The molecule has 0 aromatic carbocycles. The topological polar surface area (TPSA) is 59.1 Å². The Bertz CT molecular complexity index is 428. The van der Waals surface area contributed by atoms with Gasteiger partial charge in [-0.1, -0.05) is 11.3 Å². The summed E-state index contributed by atoms with van der Waals surface area (Å²) in [4.78, 5) is 5.15. The standard InChI is InChI=1S/C13H18N2OS/c14-12-15-6-11(17-12)13(16)9-2-7-1-8(4-9)5-10(13)3-7/h6-10,16H,1-5H2,(H2,14,15). The molecule has 0 atom stereocenters. The molecule has 1 aromatic rings. The quantitative estimate of drug-likeness (QED) is 0.804. The molecule has 92 valence electrons. The van der Waals surface area contributed by atoms with Crippen molar-refractivity contribution in [3.8, 4) is 0 Å². The number of hydrogen-bond acceptors (Lipinski definition) is 4. The van der Waals surface area contributed by atoms with E-state index >= 15 is 0 Å². The van der Waals surface area contributed by atoms with Crippen LogP contribution < -0.4 is 5.73 Å². The van der Waals surface area contributed by atoms with Gasteiger partial charge in [0.2, 0.25) is 0 Å². The number of rotatable bonds is 1. The molecule has 0 saturated heterocycles. The van der Waals surface area contributed by atoms with Crippen molar-refractivity contribution in [3.63, 3.8) is 0 Å². The lowest BCUT2D eigenvalue weighted by Gasteiger charge is -2.58. The summed E-state index contributed by atoms with van der Waals surface area (Å²) in [6.45, 7) is 0. The van der Waals surface area contributed by atoms with Crippen LogP contribution in [0.5, 0.6) is 0 Å². The Balaban J connectivity index is 1.78. The number of aromatic nitrogens is 1. The average molecular weight is 250 g/mol. The van der Waals surface area contributed by atoms with E-state index in [4.69, 9.17) is 5.73 Å². The maximum Gasteiger partial charge on any atom is 0.180 e. The third-order valence-electron chi connectivity index (χ3n) is 5.30. The normalized spacial score (nSPS) is 47.6. The van der Waals surface area contributed by atoms with Crippen LogP contribution in [0.2, 0.25) is 0 Å². The van der Waals surface area contributed by atoms with E-state index in [1.807, 2.05) is 6.20 Å². The van der Waals surface area contributed by atoms with E-state index in [1.54, 1.807) is 0 Å². The van der Waals surface area contributed by atoms with Gasteiger partial charge in [0.05, 0.1) is 4.88 Å². The zero-order chi connectivity index (χ0) is 11.6. The molecule has 4 aliphatic rings. The fourth-order valence-electron chi connectivity index (χ4n) is 4.78. The summed E-state index contributed by atoms with van der Waals surface area (Å²) in [6, 6.07) is 0. The molecule has 0 aliphatic heterocycles. The van der Waals surface area contributed by atoms with E-state index in [9.17, 15) is 5.11 Å². The number of thiazole rings is 1. The summed E-state index contributed by atoms with van der Waals surface area (Å²) >= 11 is 1.48. The van der Waals surface area contributed by atoms with Crippen molar-refractivity contribution in [1.29, 1.82) is 0 Å². The number of hydrogen-bond donors (Lipinski definition) is 2. The van der Waals surface area contributed by atoms with Gasteiger partial charge in [-0.15, -0.1) is 0 Å². The van der Waals surface area contributed by atoms with Gasteiger partial charge < -0.3 is 10.8 Å². The molecule has 17 heavy (non-hydrogen) atoms. The van der Waals surface area contributed by atoms with Gasteiger partial charge in [-0.25, -0.2) is 4.98 Å². The Kier molecular flexibility index (Phi) is 1.96. The fourth-order valence-corrected chi connectivity index (χ4v) is 5.71. The molecule has 5 rings (SSSR count). The highest BCUT2D eigenvalue weighted by Crippen LogP contribution is 2.62. The summed E-state index contributed by atoms with van der Waals surface area (Å²) in [5, 5.41) is 11.8. The zero-order valence-corrected chi connectivity index (χ0v) is 10.6. The number of aliphatic hydroxyl groups is 1. The minimum Gasteiger partial charge on any atom is -0.384 e. The van der Waals surface area contributed by atoms with Gasteiger partial charge in [0.25, 0.3) is 0 Å². The lowest BCUT2D eigenvalue weighted by atomic mass is 9.49. The highest BCUT2D eigenvalue weighted by Gasteiger charge is 2.57. The maximum absolute atomic E-state index is 11.2. The summed E-state index contributed by atoms with van der Waals surface area (Å²) < 4.78 is 0. The molecule has 4 heteroatoms. The summed E-state index contributed by atoms with van der Waals surface area (Å²) in [6.07, 6.45) is 8.06. The largest absolute Gasteiger partial charge is 0.384 e. The molecule has 4 fully saturated rings. The van der Waals surface area contributed by atoms with E-state index < -0.39 is 5.60 Å². The minimum absolute atomic E-state index is 0.457. The summed E-state index contributed by atoms with van der Waals surface area (Å²) in [7, 11) is 0. The molecule has 0 radical (unpaired) electrons. The van der Waals surface area contributed by atoms with Crippen LogP contribution in [0.3, 0.4) is 0 Å². The molecule has 1 aromatic heterocycles. The zero-order valence-electron chi connectivity index (χ0n) is 9.80. The predicted octanol–water partition coefficient (Wildman–Crippen LogP) is 2.37. The van der Waals surface area contributed by atoms with Crippen molar-refractivity contribution >= 4 is 16.5 Å². The van der Waals surface area contributed by atoms with Gasteiger partial charge >= 0.3 is 0 Å². The van der Waals surface area contributed by atoms with Crippen molar-refractivity contribution in [1.82, 2.24) is 4.98 Å². The van der Waals surface area contributed by atoms with E-state index in [1.165, 1.54) is 43.4 Å². The van der Waals surface area contributed by atoms with E-state index in [0.29, 0.717) is 17.0 Å². The van der Waals surface area contributed by atoms with Gasteiger partial charge in [-0.05, 0) is 55.8 Å². The monoisotopic (exact) mass is 250 g/mol. The molecule has 3 nitrogen and oxygen atoms in total. The Morgan fingerprint density at radius 3 is 2.24 bits per heavy atom. The minimum atomic E-state index is -0.608. The van der Waals surface area contributed by atoms with Gasteiger partial charge in [-0.3, -0.25) is 0 Å². The van der Waals surface area contributed by atoms with Crippen molar-refractivity contribution in [3.05, 3.63) is 11.1 Å². The molecule has 4 saturated carbocycles. The van der Waals surface area contributed by atoms with Crippen LogP contribution in [0, 0.1) is 23.7 Å². The van der Waals surface area contributed by atoms with E-state index in [0.717, 1.165) is 16.7 Å². The molecule has 3 N–H and O–H groups in total. The molecular formula is C13H18N2OS. The van der Waals surface area contributed by atoms with Crippen LogP contribution in [0.15, 0.2) is 6.20 Å². The van der Waals surface area contributed by atoms with Crippen LogP contribution in [0.1, 0.15) is 37.0 Å². The lowest BCUT2D eigenvalue weighted by Crippen LogP contribution is -2.55. The molecule has 0 unspecified atom stereocenters. The maximum atomic E-state index is 11.2. The second-order valence-corrected chi connectivity index (χ2v) is 7.25. The summed E-state index contributed by atoms with van der Waals surface area (Å²) in [5.74, 6) is 2.67. The van der Waals surface area contributed by atoms with Crippen molar-refractivity contribution in [2.24, 2.45) is 23.7 Å². The van der Waals surface area contributed by atoms with Crippen LogP contribution in [0.25, 0.3) is 0 Å². The number of nitrogens with zero attached hydrogens (tertiary/aromatic N) is 1. The third-order valence-corrected chi connectivity index (χ3v) is 6.27. The van der Waals surface area contributed by atoms with Crippen LogP contribution >= 0.6 is 11.3 Å². The van der Waals surface area contributed by atoms with Crippen molar-refractivity contribution < 1.29 is 5.11 Å². The molecular weight excluding hydrogens is 232 g/mol. The smallest absolute Gasteiger partial charge is 0.180 e. The number of anilines is 1. The summed E-state index contributed by atoms with van der Waals surface area (Å²) in [5.41, 5.74) is 5.12. The Hall–Kier alpha value is -0.610.